The summed E-state index contributed by atoms with van der Waals surface area (Å²) < 4.78 is 0. The highest BCUT2D eigenvalue weighted by Gasteiger charge is 2.44. The molecule has 22 heavy (non-hydrogen) atoms. The predicted molar refractivity (Wildman–Crippen MR) is 88.3 cm³/mol. The Morgan fingerprint density at radius 2 is 1.91 bits per heavy atom. The highest BCUT2D eigenvalue weighted by molar-refractivity contribution is 5.86. The molecule has 0 heterocycles. The van der Waals surface area contributed by atoms with Crippen molar-refractivity contribution in [2.24, 2.45) is 35.5 Å². The van der Waals surface area contributed by atoms with Gasteiger partial charge in [0.15, 0.2) is 0 Å². The Labute approximate surface area is 133 Å². The fourth-order valence-electron chi connectivity index (χ4n) is 4.20. The largest absolute Gasteiger partial charge is 0.478 e. The van der Waals surface area contributed by atoms with E-state index in [9.17, 15) is 9.90 Å². The van der Waals surface area contributed by atoms with Gasteiger partial charge in [0.1, 0.15) is 0 Å². The topological polar surface area (TPSA) is 57.5 Å². The molecule has 1 fully saturated rings. The van der Waals surface area contributed by atoms with Crippen molar-refractivity contribution in [2.45, 2.75) is 40.2 Å². The number of aliphatic hydroxyl groups excluding tert-OH is 1. The number of fused-ring (bicyclic) bond motifs is 1. The summed E-state index contributed by atoms with van der Waals surface area (Å²) in [5.41, 5.74) is 0.345. The minimum absolute atomic E-state index is 0.243. The van der Waals surface area contributed by atoms with Crippen molar-refractivity contribution in [1.82, 2.24) is 0 Å². The van der Waals surface area contributed by atoms with Crippen LogP contribution in [0.2, 0.25) is 0 Å². The Hall–Kier alpha value is -1.35. The third kappa shape index (κ3) is 3.35. The molecule has 0 aliphatic heterocycles. The van der Waals surface area contributed by atoms with Crippen LogP contribution in [0.5, 0.6) is 0 Å². The van der Waals surface area contributed by atoms with E-state index in [0.717, 1.165) is 6.42 Å². The number of carbonyl (C=O) groups is 1. The minimum Gasteiger partial charge on any atom is -0.478 e. The maximum absolute atomic E-state index is 10.9. The van der Waals surface area contributed by atoms with Gasteiger partial charge >= 0.3 is 5.97 Å². The monoisotopic (exact) mass is 304 g/mol. The summed E-state index contributed by atoms with van der Waals surface area (Å²) in [5.74, 6) is 1.44. The first-order chi connectivity index (χ1) is 10.3. The second kappa shape index (κ2) is 6.82. The fourth-order valence-corrected chi connectivity index (χ4v) is 4.20. The van der Waals surface area contributed by atoms with Gasteiger partial charge in [0.25, 0.3) is 0 Å². The van der Waals surface area contributed by atoms with Gasteiger partial charge in [0.05, 0.1) is 6.10 Å². The third-order valence-electron chi connectivity index (χ3n) is 5.60. The Balaban J connectivity index is 2.22. The van der Waals surface area contributed by atoms with E-state index in [1.165, 1.54) is 0 Å². The predicted octanol–water partition coefficient (Wildman–Crippen LogP) is 3.66. The zero-order chi connectivity index (χ0) is 16.4. The maximum Gasteiger partial charge on any atom is 0.331 e. The highest BCUT2D eigenvalue weighted by Crippen LogP contribution is 2.48. The Kier molecular flexibility index (Phi) is 5.28. The number of allylic oxidation sites excluding steroid dienone is 5. The van der Waals surface area contributed by atoms with E-state index in [0.29, 0.717) is 35.2 Å². The zero-order valence-corrected chi connectivity index (χ0v) is 13.9. The molecule has 2 aliphatic carbocycles. The molecule has 0 aromatic carbocycles. The lowest BCUT2D eigenvalue weighted by molar-refractivity contribution is -0.132. The summed E-state index contributed by atoms with van der Waals surface area (Å²) in [7, 11) is 0. The number of rotatable bonds is 3. The van der Waals surface area contributed by atoms with Crippen LogP contribution in [0.1, 0.15) is 34.1 Å². The average Bonchev–Trinajstić information content (AvgIpc) is 2.47. The molecule has 3 heteroatoms. The van der Waals surface area contributed by atoms with Gasteiger partial charge in [-0.2, -0.15) is 0 Å². The van der Waals surface area contributed by atoms with Crippen LogP contribution in [0.3, 0.4) is 0 Å². The van der Waals surface area contributed by atoms with E-state index in [2.05, 4.69) is 39.0 Å². The molecule has 0 spiro atoms. The lowest BCUT2D eigenvalue weighted by atomic mass is 9.58. The van der Waals surface area contributed by atoms with Crippen LogP contribution in [0.15, 0.2) is 36.0 Å². The first-order valence-electron chi connectivity index (χ1n) is 8.27. The van der Waals surface area contributed by atoms with E-state index < -0.39 is 5.97 Å². The summed E-state index contributed by atoms with van der Waals surface area (Å²) in [6.45, 7) is 8.09. The van der Waals surface area contributed by atoms with Gasteiger partial charge in [-0.3, -0.25) is 0 Å². The molecular weight excluding hydrogens is 276 g/mol. The maximum atomic E-state index is 10.9. The molecule has 0 amide bonds. The van der Waals surface area contributed by atoms with Gasteiger partial charge in [0, 0.05) is 5.57 Å². The Morgan fingerprint density at radius 1 is 1.23 bits per heavy atom. The van der Waals surface area contributed by atoms with Crippen LogP contribution in [0, 0.1) is 35.5 Å². The van der Waals surface area contributed by atoms with Crippen molar-refractivity contribution >= 4 is 5.97 Å². The van der Waals surface area contributed by atoms with Gasteiger partial charge in [-0.25, -0.2) is 4.79 Å². The van der Waals surface area contributed by atoms with Crippen molar-refractivity contribution in [1.29, 1.82) is 0 Å². The van der Waals surface area contributed by atoms with Crippen LogP contribution >= 0.6 is 0 Å². The van der Waals surface area contributed by atoms with Crippen LogP contribution in [0.25, 0.3) is 0 Å². The van der Waals surface area contributed by atoms with Crippen LogP contribution < -0.4 is 0 Å². The third-order valence-corrected chi connectivity index (χ3v) is 5.60. The number of aliphatic hydroxyl groups is 1. The molecule has 7 atom stereocenters. The first-order valence-corrected chi connectivity index (χ1v) is 8.27. The van der Waals surface area contributed by atoms with Crippen molar-refractivity contribution in [3.05, 3.63) is 36.0 Å². The van der Waals surface area contributed by atoms with Gasteiger partial charge in [-0.05, 0) is 48.9 Å². The van der Waals surface area contributed by atoms with Crippen LogP contribution in [-0.2, 0) is 4.79 Å². The van der Waals surface area contributed by atoms with Gasteiger partial charge in [0.2, 0.25) is 0 Å². The highest BCUT2D eigenvalue weighted by atomic mass is 16.4. The summed E-state index contributed by atoms with van der Waals surface area (Å²) in [4.78, 5) is 10.9. The average molecular weight is 304 g/mol. The van der Waals surface area contributed by atoms with E-state index >= 15 is 0 Å². The molecule has 2 rings (SSSR count). The lowest BCUT2D eigenvalue weighted by Gasteiger charge is -2.48. The summed E-state index contributed by atoms with van der Waals surface area (Å²) >= 11 is 0. The zero-order valence-electron chi connectivity index (χ0n) is 13.9. The SMILES string of the molecule is CC(=CC=C[C@@H]1[C@H]2[C@H](C)[C@@H](O)[C@H](C)C[C@@H]2C=C[C@@H]1C)C(=O)O. The van der Waals surface area contributed by atoms with E-state index in [4.69, 9.17) is 5.11 Å². The summed E-state index contributed by atoms with van der Waals surface area (Å²) in [5, 5.41) is 19.4. The number of carboxylic acids is 1. The van der Waals surface area contributed by atoms with Crippen molar-refractivity contribution < 1.29 is 15.0 Å². The number of hydrogen-bond donors (Lipinski definition) is 2. The van der Waals surface area contributed by atoms with Crippen molar-refractivity contribution in [3.8, 4) is 0 Å². The molecule has 2 aliphatic rings. The molecule has 2 N–H and O–H groups in total. The van der Waals surface area contributed by atoms with E-state index in [1.54, 1.807) is 13.0 Å². The lowest BCUT2D eigenvalue weighted by Crippen LogP contribution is -2.46. The molecule has 122 valence electrons. The molecule has 0 bridgehead atoms. The van der Waals surface area contributed by atoms with Crippen molar-refractivity contribution in [3.63, 3.8) is 0 Å². The molecule has 0 radical (unpaired) electrons. The molecule has 3 nitrogen and oxygen atoms in total. The Bertz CT molecular complexity index is 503. The number of aliphatic carboxylic acids is 1. The quantitative estimate of drug-likeness (QED) is 0.475. The molecule has 0 aromatic rings. The van der Waals surface area contributed by atoms with Gasteiger partial charge in [-0.1, -0.05) is 51.2 Å². The molecule has 0 aromatic heterocycles. The fraction of sp³-hybridized carbons (Fsp3) is 0.632. The van der Waals surface area contributed by atoms with E-state index in [-0.39, 0.29) is 12.0 Å². The van der Waals surface area contributed by atoms with Crippen molar-refractivity contribution in [2.75, 3.05) is 0 Å². The van der Waals surface area contributed by atoms with Crippen LogP contribution in [0.4, 0.5) is 0 Å². The van der Waals surface area contributed by atoms with Crippen LogP contribution in [-0.4, -0.2) is 22.3 Å². The summed E-state index contributed by atoms with van der Waals surface area (Å²) in [6.07, 6.45) is 11.1. The first kappa shape index (κ1) is 17.0. The molecule has 0 unspecified atom stereocenters. The summed E-state index contributed by atoms with van der Waals surface area (Å²) in [6, 6.07) is 0. The smallest absolute Gasteiger partial charge is 0.331 e. The number of carboxylic acid groups (broad SMARTS) is 1. The molecule has 1 saturated carbocycles. The Morgan fingerprint density at radius 3 is 2.55 bits per heavy atom. The minimum atomic E-state index is -0.880. The van der Waals surface area contributed by atoms with Gasteiger partial charge in [-0.15, -0.1) is 0 Å². The molecular formula is C19H28O3. The second-order valence-electron chi connectivity index (χ2n) is 7.16. The second-order valence-corrected chi connectivity index (χ2v) is 7.16. The van der Waals surface area contributed by atoms with E-state index in [1.807, 2.05) is 6.08 Å². The standard InChI is InChI=1S/C19H28O3/c1-11-8-9-15-10-13(3)18(20)14(4)17(15)16(11)7-5-6-12(2)19(21)22/h5-9,11,13-18,20H,10H2,1-4H3,(H,21,22)/t11-,13+,14-,15-,16-,17-,18-/m0/s1. The number of hydrogen-bond acceptors (Lipinski definition) is 2. The van der Waals surface area contributed by atoms with Gasteiger partial charge < -0.3 is 10.2 Å². The normalized spacial score (nSPS) is 42.4. The molecule has 0 saturated heterocycles.